The average molecular weight is 282 g/mol. The molecule has 2 aromatic rings. The monoisotopic (exact) mass is 282 g/mol. The molecule has 3 heteroatoms. The van der Waals surface area contributed by atoms with Gasteiger partial charge in [-0.05, 0) is 28.8 Å². The van der Waals surface area contributed by atoms with E-state index in [9.17, 15) is 5.11 Å². The van der Waals surface area contributed by atoms with Crippen molar-refractivity contribution in [3.63, 3.8) is 0 Å². The highest BCUT2D eigenvalue weighted by Crippen LogP contribution is 2.42. The summed E-state index contributed by atoms with van der Waals surface area (Å²) in [4.78, 5) is 0. The van der Waals surface area contributed by atoms with Gasteiger partial charge in [0.05, 0.1) is 20.3 Å². The molecule has 3 nitrogen and oxygen atoms in total. The van der Waals surface area contributed by atoms with Gasteiger partial charge in [-0.1, -0.05) is 42.5 Å². The second-order valence-corrected chi connectivity index (χ2v) is 5.08. The van der Waals surface area contributed by atoms with Crippen LogP contribution in [0.2, 0.25) is 0 Å². The minimum atomic E-state index is -0.591. The molecule has 0 amide bonds. The van der Waals surface area contributed by atoms with Crippen LogP contribution < -0.4 is 9.47 Å². The second kappa shape index (κ2) is 5.62. The molecule has 0 saturated heterocycles. The lowest BCUT2D eigenvalue weighted by molar-refractivity contribution is 0.159. The molecule has 0 aliphatic heterocycles. The molecule has 3 rings (SSSR count). The van der Waals surface area contributed by atoms with Crippen LogP contribution in [-0.4, -0.2) is 19.3 Å². The molecule has 0 fully saturated rings. The van der Waals surface area contributed by atoms with Crippen molar-refractivity contribution < 1.29 is 14.6 Å². The van der Waals surface area contributed by atoms with Crippen LogP contribution in [0.5, 0.6) is 11.5 Å². The van der Waals surface area contributed by atoms with Crippen molar-refractivity contribution in [1.29, 1.82) is 0 Å². The highest BCUT2D eigenvalue weighted by Gasteiger charge is 2.27. The van der Waals surface area contributed by atoms with Gasteiger partial charge in [-0.3, -0.25) is 0 Å². The Hall–Kier alpha value is -2.26. The predicted molar refractivity (Wildman–Crippen MR) is 82.7 cm³/mol. The lowest BCUT2D eigenvalue weighted by atomic mass is 9.82. The summed E-state index contributed by atoms with van der Waals surface area (Å²) in [5.41, 5.74) is 2.93. The van der Waals surface area contributed by atoms with Gasteiger partial charge in [0.1, 0.15) is 0 Å². The minimum Gasteiger partial charge on any atom is -0.493 e. The Morgan fingerprint density at radius 3 is 2.29 bits per heavy atom. The largest absolute Gasteiger partial charge is 0.493 e. The van der Waals surface area contributed by atoms with E-state index < -0.39 is 6.10 Å². The van der Waals surface area contributed by atoms with E-state index in [1.165, 1.54) is 0 Å². The highest BCUT2D eigenvalue weighted by atomic mass is 16.5. The molecule has 1 N–H and O–H groups in total. The Morgan fingerprint density at radius 1 is 0.952 bits per heavy atom. The number of rotatable bonds is 3. The smallest absolute Gasteiger partial charge is 0.161 e. The summed E-state index contributed by atoms with van der Waals surface area (Å²) < 4.78 is 10.6. The lowest BCUT2D eigenvalue weighted by Gasteiger charge is -2.27. The van der Waals surface area contributed by atoms with E-state index in [2.05, 4.69) is 0 Å². The van der Waals surface area contributed by atoms with E-state index in [-0.39, 0.29) is 5.92 Å². The number of methoxy groups -OCH3 is 2. The van der Waals surface area contributed by atoms with Crippen molar-refractivity contribution in [1.82, 2.24) is 0 Å². The predicted octanol–water partition coefficient (Wildman–Crippen LogP) is 3.55. The molecule has 0 spiro atoms. The topological polar surface area (TPSA) is 38.7 Å². The summed E-state index contributed by atoms with van der Waals surface area (Å²) in [5, 5.41) is 10.7. The number of hydrogen-bond acceptors (Lipinski definition) is 3. The van der Waals surface area contributed by atoms with Gasteiger partial charge in [0.15, 0.2) is 11.5 Å². The van der Waals surface area contributed by atoms with Crippen LogP contribution in [0.4, 0.5) is 0 Å². The summed E-state index contributed by atoms with van der Waals surface area (Å²) in [6.07, 6.45) is 3.47. The van der Waals surface area contributed by atoms with Crippen molar-refractivity contribution in [2.24, 2.45) is 0 Å². The highest BCUT2D eigenvalue weighted by molar-refractivity contribution is 5.64. The second-order valence-electron chi connectivity index (χ2n) is 5.08. The summed E-state index contributed by atoms with van der Waals surface area (Å²) in [5.74, 6) is 1.26. The first-order chi connectivity index (χ1) is 10.2. The molecular weight excluding hydrogens is 264 g/mol. The Labute approximate surface area is 124 Å². The first kappa shape index (κ1) is 13.7. The molecule has 1 aliphatic carbocycles. The number of aliphatic hydroxyl groups is 1. The first-order valence-electron chi connectivity index (χ1n) is 6.91. The number of fused-ring (bicyclic) bond motifs is 1. The van der Waals surface area contributed by atoms with Crippen LogP contribution in [0.15, 0.2) is 48.5 Å². The van der Waals surface area contributed by atoms with E-state index in [1.54, 1.807) is 14.2 Å². The molecule has 21 heavy (non-hydrogen) atoms. The SMILES string of the molecule is COc1cc2c(cc1OC)[C@@H](O)[C@H](c1ccccc1)C=C2. The van der Waals surface area contributed by atoms with Crippen LogP contribution in [0.1, 0.15) is 28.7 Å². The Kier molecular flexibility index (Phi) is 3.67. The van der Waals surface area contributed by atoms with E-state index in [0.717, 1.165) is 16.7 Å². The van der Waals surface area contributed by atoms with Crippen LogP contribution >= 0.6 is 0 Å². The molecule has 2 atom stereocenters. The van der Waals surface area contributed by atoms with Gasteiger partial charge < -0.3 is 14.6 Å². The van der Waals surface area contributed by atoms with E-state index >= 15 is 0 Å². The molecule has 0 aromatic heterocycles. The fourth-order valence-corrected chi connectivity index (χ4v) is 2.79. The maximum atomic E-state index is 10.7. The Morgan fingerprint density at radius 2 is 1.62 bits per heavy atom. The quantitative estimate of drug-likeness (QED) is 0.935. The zero-order valence-electron chi connectivity index (χ0n) is 12.1. The van der Waals surface area contributed by atoms with Crippen molar-refractivity contribution in [2.45, 2.75) is 12.0 Å². The van der Waals surface area contributed by atoms with Gasteiger partial charge in [-0.2, -0.15) is 0 Å². The standard InChI is InChI=1S/C18H18O3/c1-20-16-10-13-8-9-14(12-6-4-3-5-7-12)18(19)15(13)11-17(16)21-2/h3-11,14,18-19H,1-2H3/t14-,18-/m0/s1. The average Bonchev–Trinajstić information content (AvgIpc) is 2.55. The van der Waals surface area contributed by atoms with Crippen molar-refractivity contribution in [3.8, 4) is 11.5 Å². The van der Waals surface area contributed by atoms with E-state index in [0.29, 0.717) is 11.5 Å². The zero-order valence-corrected chi connectivity index (χ0v) is 12.1. The fraction of sp³-hybridized carbons (Fsp3) is 0.222. The fourth-order valence-electron chi connectivity index (χ4n) is 2.79. The summed E-state index contributed by atoms with van der Waals surface area (Å²) in [7, 11) is 3.21. The van der Waals surface area contributed by atoms with Crippen molar-refractivity contribution >= 4 is 6.08 Å². The van der Waals surface area contributed by atoms with Gasteiger partial charge in [-0.25, -0.2) is 0 Å². The third-order valence-electron chi connectivity index (χ3n) is 3.92. The van der Waals surface area contributed by atoms with Crippen molar-refractivity contribution in [3.05, 3.63) is 65.2 Å². The summed E-state index contributed by atoms with van der Waals surface area (Å²) in [6.45, 7) is 0. The van der Waals surface area contributed by atoms with Crippen LogP contribution in [0, 0.1) is 0 Å². The van der Waals surface area contributed by atoms with Crippen LogP contribution in [0.3, 0.4) is 0 Å². The van der Waals surface area contributed by atoms with Gasteiger partial charge in [0.2, 0.25) is 0 Å². The lowest BCUT2D eigenvalue weighted by Crippen LogP contribution is -2.14. The number of aliphatic hydroxyl groups excluding tert-OH is 1. The summed E-state index contributed by atoms with van der Waals surface area (Å²) in [6, 6.07) is 13.8. The maximum Gasteiger partial charge on any atom is 0.161 e. The van der Waals surface area contributed by atoms with Gasteiger partial charge in [-0.15, -0.1) is 0 Å². The molecule has 0 radical (unpaired) electrons. The third-order valence-corrected chi connectivity index (χ3v) is 3.92. The number of ether oxygens (including phenoxy) is 2. The minimum absolute atomic E-state index is 0.0446. The molecule has 0 bridgehead atoms. The summed E-state index contributed by atoms with van der Waals surface area (Å²) >= 11 is 0. The van der Waals surface area contributed by atoms with Crippen LogP contribution in [0.25, 0.3) is 6.08 Å². The Bertz CT molecular complexity index is 662. The maximum absolute atomic E-state index is 10.7. The van der Waals surface area contributed by atoms with E-state index in [1.807, 2.05) is 54.6 Å². The third kappa shape index (κ3) is 2.41. The van der Waals surface area contributed by atoms with Crippen LogP contribution in [-0.2, 0) is 0 Å². The number of benzene rings is 2. The van der Waals surface area contributed by atoms with Gasteiger partial charge >= 0.3 is 0 Å². The first-order valence-corrected chi connectivity index (χ1v) is 6.91. The molecular formula is C18H18O3. The molecule has 108 valence electrons. The molecule has 0 unspecified atom stereocenters. The normalized spacial score (nSPS) is 20.0. The molecule has 0 saturated carbocycles. The van der Waals surface area contributed by atoms with E-state index in [4.69, 9.17) is 9.47 Å². The molecule has 2 aromatic carbocycles. The zero-order chi connectivity index (χ0) is 14.8. The molecule has 1 aliphatic rings. The molecule has 0 heterocycles. The van der Waals surface area contributed by atoms with Gasteiger partial charge in [0.25, 0.3) is 0 Å². The number of hydrogen-bond donors (Lipinski definition) is 1. The van der Waals surface area contributed by atoms with Crippen molar-refractivity contribution in [2.75, 3.05) is 14.2 Å². The van der Waals surface area contributed by atoms with Gasteiger partial charge in [0, 0.05) is 5.92 Å². The Balaban J connectivity index is 2.04.